The van der Waals surface area contributed by atoms with Crippen LogP contribution in [0.2, 0.25) is 0 Å². The SMILES string of the molecule is CC(=O)c1ccc(Oc2ccc(C)c(F)c2)c([N+](=O)[O-])c1. The molecule has 0 amide bonds. The Morgan fingerprint density at radius 2 is 1.95 bits per heavy atom. The predicted molar refractivity (Wildman–Crippen MR) is 74.3 cm³/mol. The molecule has 0 aromatic heterocycles. The first-order chi connectivity index (χ1) is 9.88. The lowest BCUT2D eigenvalue weighted by Crippen LogP contribution is -1.98. The highest BCUT2D eigenvalue weighted by molar-refractivity contribution is 5.95. The molecule has 5 nitrogen and oxygen atoms in total. The summed E-state index contributed by atoms with van der Waals surface area (Å²) in [5.74, 6) is -0.647. The molecule has 2 aromatic rings. The van der Waals surface area contributed by atoms with Gasteiger partial charge in [-0.2, -0.15) is 0 Å². The summed E-state index contributed by atoms with van der Waals surface area (Å²) in [7, 11) is 0. The third-order valence-electron chi connectivity index (χ3n) is 2.93. The van der Waals surface area contributed by atoms with Crippen LogP contribution in [0.5, 0.6) is 11.5 Å². The van der Waals surface area contributed by atoms with Crippen molar-refractivity contribution in [2.24, 2.45) is 0 Å². The van der Waals surface area contributed by atoms with E-state index < -0.39 is 10.7 Å². The van der Waals surface area contributed by atoms with Gasteiger partial charge < -0.3 is 4.74 Å². The Morgan fingerprint density at radius 1 is 1.24 bits per heavy atom. The first-order valence-electron chi connectivity index (χ1n) is 6.12. The van der Waals surface area contributed by atoms with Crippen LogP contribution in [0.4, 0.5) is 10.1 Å². The Morgan fingerprint density at radius 3 is 2.52 bits per heavy atom. The number of hydrogen-bond donors (Lipinski definition) is 0. The lowest BCUT2D eigenvalue weighted by atomic mass is 10.1. The molecule has 0 fully saturated rings. The van der Waals surface area contributed by atoms with Crippen LogP contribution in [0.3, 0.4) is 0 Å². The second-order valence-corrected chi connectivity index (χ2v) is 4.51. The van der Waals surface area contributed by atoms with Gasteiger partial charge in [0.25, 0.3) is 0 Å². The van der Waals surface area contributed by atoms with Gasteiger partial charge in [0.1, 0.15) is 11.6 Å². The highest BCUT2D eigenvalue weighted by atomic mass is 19.1. The van der Waals surface area contributed by atoms with Crippen molar-refractivity contribution in [1.29, 1.82) is 0 Å². The molecule has 0 atom stereocenters. The van der Waals surface area contributed by atoms with E-state index in [0.717, 1.165) is 12.1 Å². The maximum absolute atomic E-state index is 13.5. The maximum Gasteiger partial charge on any atom is 0.312 e. The van der Waals surface area contributed by atoms with E-state index in [4.69, 9.17) is 4.74 Å². The van der Waals surface area contributed by atoms with Gasteiger partial charge in [0.2, 0.25) is 5.75 Å². The molecular weight excluding hydrogens is 277 g/mol. The summed E-state index contributed by atoms with van der Waals surface area (Å²) >= 11 is 0. The molecule has 0 aliphatic rings. The molecule has 21 heavy (non-hydrogen) atoms. The van der Waals surface area contributed by atoms with Crippen LogP contribution < -0.4 is 4.74 Å². The van der Waals surface area contributed by atoms with E-state index in [1.165, 1.54) is 31.2 Å². The number of carbonyl (C=O) groups excluding carboxylic acids is 1. The van der Waals surface area contributed by atoms with Crippen molar-refractivity contribution < 1.29 is 18.8 Å². The van der Waals surface area contributed by atoms with Crippen LogP contribution in [0, 0.1) is 22.9 Å². The number of benzene rings is 2. The number of carbonyl (C=O) groups is 1. The van der Waals surface area contributed by atoms with E-state index >= 15 is 0 Å². The minimum atomic E-state index is -0.647. The third-order valence-corrected chi connectivity index (χ3v) is 2.93. The normalized spacial score (nSPS) is 10.2. The number of nitrogens with zero attached hydrogens (tertiary/aromatic N) is 1. The van der Waals surface area contributed by atoms with Gasteiger partial charge in [-0.1, -0.05) is 6.07 Å². The first kappa shape index (κ1) is 14.6. The van der Waals surface area contributed by atoms with Crippen LogP contribution in [0.25, 0.3) is 0 Å². The molecular formula is C15H12FNO4. The summed E-state index contributed by atoms with van der Waals surface area (Å²) in [5.41, 5.74) is 0.316. The number of rotatable bonds is 4. The Kier molecular flexibility index (Phi) is 3.98. The highest BCUT2D eigenvalue weighted by Gasteiger charge is 2.18. The van der Waals surface area contributed by atoms with Crippen LogP contribution in [-0.4, -0.2) is 10.7 Å². The largest absolute Gasteiger partial charge is 0.450 e. The first-order valence-corrected chi connectivity index (χ1v) is 6.12. The second kappa shape index (κ2) is 5.70. The molecule has 0 unspecified atom stereocenters. The monoisotopic (exact) mass is 289 g/mol. The molecule has 2 rings (SSSR count). The van der Waals surface area contributed by atoms with Gasteiger partial charge >= 0.3 is 5.69 Å². The zero-order chi connectivity index (χ0) is 15.6. The number of hydrogen-bond acceptors (Lipinski definition) is 4. The van der Waals surface area contributed by atoms with Crippen LogP contribution in [0.15, 0.2) is 36.4 Å². The van der Waals surface area contributed by atoms with Crippen molar-refractivity contribution in [3.05, 3.63) is 63.5 Å². The van der Waals surface area contributed by atoms with Crippen LogP contribution in [0.1, 0.15) is 22.8 Å². The van der Waals surface area contributed by atoms with E-state index in [-0.39, 0.29) is 28.5 Å². The number of ketones is 1. The average molecular weight is 289 g/mol. The number of nitro groups is 1. The topological polar surface area (TPSA) is 69.4 Å². The molecule has 108 valence electrons. The van der Waals surface area contributed by atoms with Gasteiger partial charge in [-0.3, -0.25) is 14.9 Å². The summed E-state index contributed by atoms with van der Waals surface area (Å²) in [6, 6.07) is 8.07. The summed E-state index contributed by atoms with van der Waals surface area (Å²) in [4.78, 5) is 21.7. The van der Waals surface area contributed by atoms with Crippen molar-refractivity contribution in [3.8, 4) is 11.5 Å². The number of Topliss-reactive ketones (excluding diaryl/α,β-unsaturated/α-hetero) is 1. The molecule has 2 aromatic carbocycles. The van der Waals surface area contributed by atoms with Crippen LogP contribution >= 0.6 is 0 Å². The Labute approximate surface area is 120 Å². The van der Waals surface area contributed by atoms with Gasteiger partial charge in [-0.05, 0) is 37.6 Å². The smallest absolute Gasteiger partial charge is 0.312 e. The van der Waals surface area contributed by atoms with Gasteiger partial charge in [-0.15, -0.1) is 0 Å². The van der Waals surface area contributed by atoms with Crippen molar-refractivity contribution in [2.45, 2.75) is 13.8 Å². The van der Waals surface area contributed by atoms with E-state index in [1.807, 2.05) is 0 Å². The van der Waals surface area contributed by atoms with Gasteiger partial charge in [-0.25, -0.2) is 4.39 Å². The maximum atomic E-state index is 13.5. The predicted octanol–water partition coefficient (Wildman–Crippen LogP) is 4.04. The molecule has 0 aliphatic heterocycles. The lowest BCUT2D eigenvalue weighted by Gasteiger charge is -2.08. The molecule has 0 bridgehead atoms. The fraction of sp³-hybridized carbons (Fsp3) is 0.133. The van der Waals surface area contributed by atoms with Crippen LogP contribution in [-0.2, 0) is 0 Å². The Bertz CT molecular complexity index is 728. The quantitative estimate of drug-likeness (QED) is 0.484. The lowest BCUT2D eigenvalue weighted by molar-refractivity contribution is -0.385. The third kappa shape index (κ3) is 3.22. The second-order valence-electron chi connectivity index (χ2n) is 4.51. The van der Waals surface area contributed by atoms with Crippen molar-refractivity contribution in [2.75, 3.05) is 0 Å². The van der Waals surface area contributed by atoms with Crippen molar-refractivity contribution in [3.63, 3.8) is 0 Å². The molecule has 6 heteroatoms. The Hall–Kier alpha value is -2.76. The van der Waals surface area contributed by atoms with E-state index in [0.29, 0.717) is 5.56 Å². The van der Waals surface area contributed by atoms with E-state index in [2.05, 4.69) is 0 Å². The molecule has 0 spiro atoms. The minimum Gasteiger partial charge on any atom is -0.450 e. The summed E-state index contributed by atoms with van der Waals surface area (Å²) in [6.45, 7) is 2.91. The minimum absolute atomic E-state index is 0.0479. The number of nitro benzene ring substituents is 1. The molecule has 0 aliphatic carbocycles. The van der Waals surface area contributed by atoms with Crippen molar-refractivity contribution in [1.82, 2.24) is 0 Å². The summed E-state index contributed by atoms with van der Waals surface area (Å²) in [5, 5.41) is 11.0. The molecule has 0 N–H and O–H groups in total. The fourth-order valence-electron chi connectivity index (χ4n) is 1.73. The average Bonchev–Trinajstić information content (AvgIpc) is 2.43. The Balaban J connectivity index is 2.41. The molecule has 0 radical (unpaired) electrons. The zero-order valence-corrected chi connectivity index (χ0v) is 11.4. The van der Waals surface area contributed by atoms with Gasteiger partial charge in [0.05, 0.1) is 4.92 Å². The number of ether oxygens (including phenoxy) is 1. The highest BCUT2D eigenvalue weighted by Crippen LogP contribution is 2.32. The zero-order valence-electron chi connectivity index (χ0n) is 11.4. The standard InChI is InChI=1S/C15H12FNO4/c1-9-3-5-12(8-13(9)16)21-15-6-4-11(10(2)18)7-14(15)17(19)20/h3-8H,1-2H3. The number of halogens is 1. The molecule has 0 heterocycles. The summed E-state index contributed by atoms with van der Waals surface area (Å²) in [6.07, 6.45) is 0. The summed E-state index contributed by atoms with van der Waals surface area (Å²) < 4.78 is 18.8. The van der Waals surface area contributed by atoms with E-state index in [1.54, 1.807) is 6.92 Å². The van der Waals surface area contributed by atoms with Crippen molar-refractivity contribution >= 4 is 11.5 Å². The fourth-order valence-corrected chi connectivity index (χ4v) is 1.73. The van der Waals surface area contributed by atoms with Gasteiger partial charge in [0.15, 0.2) is 5.78 Å². The van der Waals surface area contributed by atoms with E-state index in [9.17, 15) is 19.3 Å². The molecule has 0 saturated heterocycles. The molecule has 0 saturated carbocycles. The van der Waals surface area contributed by atoms with Gasteiger partial charge in [0, 0.05) is 17.7 Å². The number of aryl methyl sites for hydroxylation is 1.